The fourth-order valence-corrected chi connectivity index (χ4v) is 2.17. The SMILES string of the molecule is CN1CCC(N(C)C(=O)N[C@H](CC(=O)O)C(=O)O)CC1. The quantitative estimate of drug-likeness (QED) is 0.637. The molecule has 1 fully saturated rings. The maximum absolute atomic E-state index is 12.0. The molecule has 1 saturated heterocycles. The lowest BCUT2D eigenvalue weighted by molar-refractivity contribution is -0.145. The van der Waals surface area contributed by atoms with Crippen molar-refractivity contribution >= 4 is 18.0 Å². The summed E-state index contributed by atoms with van der Waals surface area (Å²) in [7, 11) is 3.61. The zero-order valence-corrected chi connectivity index (χ0v) is 11.7. The number of likely N-dealkylation sites (tertiary alicyclic amines) is 1. The van der Waals surface area contributed by atoms with Crippen molar-refractivity contribution in [3.05, 3.63) is 0 Å². The minimum atomic E-state index is -1.41. The second-order valence-corrected chi connectivity index (χ2v) is 5.08. The molecule has 0 saturated carbocycles. The normalized spacial score (nSPS) is 18.3. The molecule has 0 aromatic heterocycles. The molecule has 0 spiro atoms. The molecular formula is C12H21N3O5. The smallest absolute Gasteiger partial charge is 0.326 e. The summed E-state index contributed by atoms with van der Waals surface area (Å²) in [5.41, 5.74) is 0. The molecule has 8 heteroatoms. The molecule has 20 heavy (non-hydrogen) atoms. The molecule has 1 heterocycles. The van der Waals surface area contributed by atoms with E-state index in [0.717, 1.165) is 25.9 Å². The monoisotopic (exact) mass is 287 g/mol. The topological polar surface area (TPSA) is 110 Å². The number of piperidine rings is 1. The Kier molecular flexibility index (Phi) is 5.75. The molecular weight excluding hydrogens is 266 g/mol. The predicted molar refractivity (Wildman–Crippen MR) is 70.5 cm³/mol. The maximum atomic E-state index is 12.0. The third-order valence-electron chi connectivity index (χ3n) is 3.53. The van der Waals surface area contributed by atoms with Gasteiger partial charge in [0.05, 0.1) is 6.42 Å². The minimum Gasteiger partial charge on any atom is -0.481 e. The van der Waals surface area contributed by atoms with Crippen molar-refractivity contribution in [1.29, 1.82) is 0 Å². The van der Waals surface area contributed by atoms with Gasteiger partial charge in [-0.3, -0.25) is 4.79 Å². The number of hydrogen-bond donors (Lipinski definition) is 3. The largest absolute Gasteiger partial charge is 0.481 e. The molecule has 0 aromatic carbocycles. The van der Waals surface area contributed by atoms with E-state index in [1.165, 1.54) is 4.90 Å². The van der Waals surface area contributed by atoms with Crippen LogP contribution in [0.25, 0.3) is 0 Å². The third kappa shape index (κ3) is 4.69. The summed E-state index contributed by atoms with van der Waals surface area (Å²) in [5, 5.41) is 19.8. The average molecular weight is 287 g/mol. The molecule has 1 rings (SSSR count). The van der Waals surface area contributed by atoms with Crippen molar-refractivity contribution in [2.75, 3.05) is 27.2 Å². The van der Waals surface area contributed by atoms with Gasteiger partial charge in [-0.15, -0.1) is 0 Å². The van der Waals surface area contributed by atoms with Gasteiger partial charge < -0.3 is 25.3 Å². The number of carbonyl (C=O) groups is 3. The van der Waals surface area contributed by atoms with Crippen LogP contribution in [0.1, 0.15) is 19.3 Å². The summed E-state index contributed by atoms with van der Waals surface area (Å²) >= 11 is 0. The van der Waals surface area contributed by atoms with Gasteiger partial charge in [-0.25, -0.2) is 9.59 Å². The second-order valence-electron chi connectivity index (χ2n) is 5.08. The third-order valence-corrected chi connectivity index (χ3v) is 3.53. The molecule has 3 N–H and O–H groups in total. The van der Waals surface area contributed by atoms with Crippen molar-refractivity contribution < 1.29 is 24.6 Å². The van der Waals surface area contributed by atoms with E-state index >= 15 is 0 Å². The Bertz CT molecular complexity index is 379. The lowest BCUT2D eigenvalue weighted by atomic mass is 10.0. The molecule has 0 unspecified atom stereocenters. The number of nitrogens with zero attached hydrogens (tertiary/aromatic N) is 2. The second kappa shape index (κ2) is 7.09. The Hall–Kier alpha value is -1.83. The van der Waals surface area contributed by atoms with Crippen LogP contribution < -0.4 is 5.32 Å². The van der Waals surface area contributed by atoms with Gasteiger partial charge in [0.2, 0.25) is 0 Å². The van der Waals surface area contributed by atoms with E-state index in [4.69, 9.17) is 10.2 Å². The van der Waals surface area contributed by atoms with E-state index in [9.17, 15) is 14.4 Å². The highest BCUT2D eigenvalue weighted by Crippen LogP contribution is 2.14. The number of amides is 2. The van der Waals surface area contributed by atoms with Crippen molar-refractivity contribution in [1.82, 2.24) is 15.1 Å². The van der Waals surface area contributed by atoms with E-state index in [1.807, 2.05) is 7.05 Å². The van der Waals surface area contributed by atoms with Gasteiger partial charge in [0, 0.05) is 13.1 Å². The highest BCUT2D eigenvalue weighted by atomic mass is 16.4. The summed E-state index contributed by atoms with van der Waals surface area (Å²) in [6, 6.07) is -1.91. The van der Waals surface area contributed by atoms with Crippen LogP contribution in [-0.2, 0) is 9.59 Å². The molecule has 114 valence electrons. The van der Waals surface area contributed by atoms with E-state index in [-0.39, 0.29) is 6.04 Å². The first-order valence-electron chi connectivity index (χ1n) is 6.47. The fraction of sp³-hybridized carbons (Fsp3) is 0.750. The first-order chi connectivity index (χ1) is 9.31. The van der Waals surface area contributed by atoms with Gasteiger partial charge in [-0.1, -0.05) is 0 Å². The number of carboxylic acids is 2. The zero-order chi connectivity index (χ0) is 15.3. The predicted octanol–water partition coefficient (Wildman–Crippen LogP) is -0.350. The van der Waals surface area contributed by atoms with Crippen molar-refractivity contribution in [2.24, 2.45) is 0 Å². The summed E-state index contributed by atoms with van der Waals surface area (Å²) in [4.78, 5) is 37.1. The highest BCUT2D eigenvalue weighted by Gasteiger charge is 2.28. The van der Waals surface area contributed by atoms with E-state index in [0.29, 0.717) is 0 Å². The molecule has 1 aliphatic heterocycles. The number of nitrogens with one attached hydrogen (secondary N) is 1. The van der Waals surface area contributed by atoms with E-state index in [2.05, 4.69) is 10.2 Å². The Balaban J connectivity index is 2.55. The Morgan fingerprint density at radius 3 is 2.30 bits per heavy atom. The van der Waals surface area contributed by atoms with Crippen LogP contribution in [0.2, 0.25) is 0 Å². The summed E-state index contributed by atoms with van der Waals surface area (Å²) < 4.78 is 0. The number of aliphatic carboxylic acids is 2. The Morgan fingerprint density at radius 2 is 1.85 bits per heavy atom. The Morgan fingerprint density at radius 1 is 1.30 bits per heavy atom. The standard InChI is InChI=1S/C12H21N3O5/c1-14-5-3-8(4-6-14)15(2)12(20)13-9(11(18)19)7-10(16)17/h8-9H,3-7H2,1-2H3,(H,13,20)(H,16,17)(H,18,19)/t9-/m1/s1. The van der Waals surface area contributed by atoms with Gasteiger partial charge >= 0.3 is 18.0 Å². The number of carboxylic acid groups (broad SMARTS) is 2. The average Bonchev–Trinajstić information content (AvgIpc) is 2.37. The number of rotatable bonds is 5. The van der Waals surface area contributed by atoms with Crippen molar-refractivity contribution in [3.63, 3.8) is 0 Å². The van der Waals surface area contributed by atoms with Gasteiger partial charge in [0.15, 0.2) is 0 Å². The van der Waals surface area contributed by atoms with Crippen LogP contribution in [0, 0.1) is 0 Å². The number of carbonyl (C=O) groups excluding carboxylic acids is 1. The zero-order valence-electron chi connectivity index (χ0n) is 11.7. The van der Waals surface area contributed by atoms with Crippen molar-refractivity contribution in [2.45, 2.75) is 31.3 Å². The van der Waals surface area contributed by atoms with Crippen LogP contribution >= 0.6 is 0 Å². The van der Waals surface area contributed by atoms with Crippen LogP contribution in [0.15, 0.2) is 0 Å². The fourth-order valence-electron chi connectivity index (χ4n) is 2.17. The highest BCUT2D eigenvalue weighted by molar-refractivity contribution is 5.86. The molecule has 1 atom stereocenters. The van der Waals surface area contributed by atoms with Gasteiger partial charge in [-0.2, -0.15) is 0 Å². The molecule has 0 aromatic rings. The molecule has 8 nitrogen and oxygen atoms in total. The molecule has 0 radical (unpaired) electrons. The summed E-state index contributed by atoms with van der Waals surface area (Å²) in [5.74, 6) is -2.61. The lowest BCUT2D eigenvalue weighted by Crippen LogP contribution is -2.52. The molecule has 1 aliphatic rings. The van der Waals surface area contributed by atoms with Crippen LogP contribution in [-0.4, -0.2) is 77.3 Å². The van der Waals surface area contributed by atoms with Crippen LogP contribution in [0.3, 0.4) is 0 Å². The van der Waals surface area contributed by atoms with Crippen molar-refractivity contribution in [3.8, 4) is 0 Å². The lowest BCUT2D eigenvalue weighted by Gasteiger charge is -2.35. The Labute approximate surface area is 117 Å². The van der Waals surface area contributed by atoms with Gasteiger partial charge in [0.1, 0.15) is 6.04 Å². The molecule has 0 aliphatic carbocycles. The van der Waals surface area contributed by atoms with Gasteiger partial charge in [0.25, 0.3) is 0 Å². The minimum absolute atomic E-state index is 0.0467. The number of urea groups is 1. The molecule has 0 bridgehead atoms. The maximum Gasteiger partial charge on any atom is 0.326 e. The van der Waals surface area contributed by atoms with Crippen LogP contribution in [0.5, 0.6) is 0 Å². The summed E-state index contributed by atoms with van der Waals surface area (Å²) in [6.07, 6.45) is 0.997. The number of hydrogen-bond acceptors (Lipinski definition) is 4. The van der Waals surface area contributed by atoms with E-state index in [1.54, 1.807) is 7.05 Å². The van der Waals surface area contributed by atoms with Crippen LogP contribution in [0.4, 0.5) is 4.79 Å². The first kappa shape index (κ1) is 16.2. The summed E-state index contributed by atoms with van der Waals surface area (Å²) in [6.45, 7) is 1.75. The van der Waals surface area contributed by atoms with Gasteiger partial charge in [-0.05, 0) is 33.0 Å². The molecule has 2 amide bonds. The first-order valence-corrected chi connectivity index (χ1v) is 6.47. The van der Waals surface area contributed by atoms with E-state index < -0.39 is 30.4 Å².